The SMILES string of the molecule is Fc1ccc(/C(Cl)=N/N=C(\Cl)c2ccc(F)cc2)cc1. The van der Waals surface area contributed by atoms with Crippen molar-refractivity contribution in [1.82, 2.24) is 0 Å². The Bertz CT molecular complexity index is 590. The molecule has 2 aromatic carbocycles. The first-order valence-corrected chi connectivity index (χ1v) is 6.30. The smallest absolute Gasteiger partial charge is 0.158 e. The summed E-state index contributed by atoms with van der Waals surface area (Å²) in [4.78, 5) is 0. The fourth-order valence-corrected chi connectivity index (χ4v) is 1.71. The van der Waals surface area contributed by atoms with Gasteiger partial charge in [0.25, 0.3) is 0 Å². The molecule has 0 aliphatic carbocycles. The van der Waals surface area contributed by atoms with Gasteiger partial charge in [-0.3, -0.25) is 0 Å². The maximum atomic E-state index is 12.8. The first-order chi connectivity index (χ1) is 9.56. The predicted octanol–water partition coefficient (Wildman–Crippen LogP) is 4.55. The normalized spacial score (nSPS) is 12.6. The Balaban J connectivity index is 2.19. The van der Waals surface area contributed by atoms with Crippen LogP contribution in [0.5, 0.6) is 0 Å². The van der Waals surface area contributed by atoms with Crippen molar-refractivity contribution in [2.45, 2.75) is 0 Å². The van der Waals surface area contributed by atoms with E-state index in [0.717, 1.165) is 0 Å². The van der Waals surface area contributed by atoms with E-state index in [1.807, 2.05) is 0 Å². The van der Waals surface area contributed by atoms with Crippen molar-refractivity contribution in [2.24, 2.45) is 10.2 Å². The van der Waals surface area contributed by atoms with Crippen LogP contribution in [0.1, 0.15) is 11.1 Å². The van der Waals surface area contributed by atoms with Gasteiger partial charge in [-0.2, -0.15) is 0 Å². The Labute approximate surface area is 124 Å². The fourth-order valence-electron chi connectivity index (χ4n) is 1.38. The molecule has 0 fully saturated rings. The highest BCUT2D eigenvalue weighted by Crippen LogP contribution is 2.10. The van der Waals surface area contributed by atoms with Crippen LogP contribution >= 0.6 is 23.2 Å². The summed E-state index contributed by atoms with van der Waals surface area (Å²) in [6, 6.07) is 10.9. The summed E-state index contributed by atoms with van der Waals surface area (Å²) < 4.78 is 25.5. The molecule has 20 heavy (non-hydrogen) atoms. The zero-order chi connectivity index (χ0) is 14.5. The molecule has 2 aromatic rings. The van der Waals surface area contributed by atoms with Crippen LogP contribution in [0.25, 0.3) is 0 Å². The highest BCUT2D eigenvalue weighted by atomic mass is 35.5. The summed E-state index contributed by atoms with van der Waals surface area (Å²) in [5.41, 5.74) is 1.03. The van der Waals surface area contributed by atoms with Crippen LogP contribution in [0.3, 0.4) is 0 Å². The Morgan fingerprint density at radius 1 is 0.650 bits per heavy atom. The van der Waals surface area contributed by atoms with E-state index in [4.69, 9.17) is 23.2 Å². The molecule has 0 saturated carbocycles. The van der Waals surface area contributed by atoms with Crippen LogP contribution in [0.15, 0.2) is 58.7 Å². The van der Waals surface area contributed by atoms with Gasteiger partial charge < -0.3 is 0 Å². The molecule has 0 saturated heterocycles. The summed E-state index contributed by atoms with van der Waals surface area (Å²) in [7, 11) is 0. The summed E-state index contributed by atoms with van der Waals surface area (Å²) in [5.74, 6) is -0.739. The van der Waals surface area contributed by atoms with E-state index in [-0.39, 0.29) is 22.0 Å². The number of hydrogen-bond acceptors (Lipinski definition) is 2. The second-order valence-corrected chi connectivity index (χ2v) is 4.51. The Morgan fingerprint density at radius 2 is 0.950 bits per heavy atom. The molecule has 0 aliphatic rings. The third kappa shape index (κ3) is 3.85. The van der Waals surface area contributed by atoms with Crippen molar-refractivity contribution in [3.8, 4) is 0 Å². The van der Waals surface area contributed by atoms with E-state index >= 15 is 0 Å². The molecule has 0 aliphatic heterocycles. The van der Waals surface area contributed by atoms with Gasteiger partial charge in [-0.25, -0.2) is 8.78 Å². The van der Waals surface area contributed by atoms with E-state index in [1.165, 1.54) is 48.5 Å². The molecule has 0 heterocycles. The molecule has 102 valence electrons. The number of hydrogen-bond donors (Lipinski definition) is 0. The lowest BCUT2D eigenvalue weighted by atomic mass is 10.2. The fraction of sp³-hybridized carbons (Fsp3) is 0. The minimum Gasteiger partial charge on any atom is -0.207 e. The third-order valence-electron chi connectivity index (χ3n) is 2.39. The molecule has 0 unspecified atom stereocenters. The highest BCUT2D eigenvalue weighted by molar-refractivity contribution is 6.71. The van der Waals surface area contributed by atoms with Gasteiger partial charge in [0.15, 0.2) is 10.3 Å². The molecule has 0 atom stereocenters. The second kappa shape index (κ2) is 6.59. The van der Waals surface area contributed by atoms with Crippen LogP contribution in [0.2, 0.25) is 0 Å². The van der Waals surface area contributed by atoms with Gasteiger partial charge in [-0.1, -0.05) is 23.2 Å². The standard InChI is InChI=1S/C14H8Cl2F2N2/c15-13(9-1-5-11(17)6-2-9)19-20-14(16)10-3-7-12(18)8-4-10/h1-8H/b19-13-,20-14-. The zero-order valence-corrected chi connectivity index (χ0v) is 11.5. The molecule has 2 rings (SSSR count). The van der Waals surface area contributed by atoms with Crippen molar-refractivity contribution < 1.29 is 8.78 Å². The van der Waals surface area contributed by atoms with Gasteiger partial charge in [-0.05, 0) is 48.5 Å². The lowest BCUT2D eigenvalue weighted by Gasteiger charge is -1.98. The van der Waals surface area contributed by atoms with Crippen molar-refractivity contribution in [2.75, 3.05) is 0 Å². The van der Waals surface area contributed by atoms with Crippen LogP contribution in [0, 0.1) is 11.6 Å². The van der Waals surface area contributed by atoms with Gasteiger partial charge in [-0.15, -0.1) is 10.2 Å². The van der Waals surface area contributed by atoms with Crippen LogP contribution in [0.4, 0.5) is 8.78 Å². The molecule has 6 heteroatoms. The average molecular weight is 313 g/mol. The number of rotatable bonds is 3. The average Bonchev–Trinajstić information content (AvgIpc) is 2.46. The van der Waals surface area contributed by atoms with Gasteiger partial charge in [0.2, 0.25) is 0 Å². The van der Waals surface area contributed by atoms with Crippen LogP contribution < -0.4 is 0 Å². The van der Waals surface area contributed by atoms with Gasteiger partial charge >= 0.3 is 0 Å². The Hall–Kier alpha value is -1.78. The Kier molecular flexibility index (Phi) is 4.82. The van der Waals surface area contributed by atoms with E-state index < -0.39 is 0 Å². The van der Waals surface area contributed by atoms with E-state index in [0.29, 0.717) is 11.1 Å². The lowest BCUT2D eigenvalue weighted by molar-refractivity contribution is 0.627. The topological polar surface area (TPSA) is 24.7 Å². The molecule has 0 bridgehead atoms. The lowest BCUT2D eigenvalue weighted by Crippen LogP contribution is -1.93. The largest absolute Gasteiger partial charge is 0.207 e. The van der Waals surface area contributed by atoms with Crippen LogP contribution in [-0.2, 0) is 0 Å². The number of halogens is 4. The highest BCUT2D eigenvalue weighted by Gasteiger charge is 2.02. The minimum absolute atomic E-state index is 0.0743. The predicted molar refractivity (Wildman–Crippen MR) is 77.6 cm³/mol. The van der Waals surface area contributed by atoms with E-state index in [1.54, 1.807) is 0 Å². The van der Waals surface area contributed by atoms with Crippen molar-refractivity contribution in [3.63, 3.8) is 0 Å². The molecule has 0 N–H and O–H groups in total. The quantitative estimate of drug-likeness (QED) is 0.586. The van der Waals surface area contributed by atoms with E-state index in [9.17, 15) is 8.78 Å². The van der Waals surface area contributed by atoms with Gasteiger partial charge in [0, 0.05) is 11.1 Å². The molecular formula is C14H8Cl2F2N2. The first kappa shape index (κ1) is 14.6. The maximum absolute atomic E-state index is 12.8. The molecule has 0 spiro atoms. The molecule has 0 aromatic heterocycles. The monoisotopic (exact) mass is 312 g/mol. The number of nitrogens with zero attached hydrogens (tertiary/aromatic N) is 2. The molecular weight excluding hydrogens is 305 g/mol. The minimum atomic E-state index is -0.369. The van der Waals surface area contributed by atoms with E-state index in [2.05, 4.69) is 10.2 Å². The summed E-state index contributed by atoms with van der Waals surface area (Å²) >= 11 is 11.8. The summed E-state index contributed by atoms with van der Waals surface area (Å²) in [6.45, 7) is 0. The van der Waals surface area contributed by atoms with Gasteiger partial charge in [0.1, 0.15) is 11.6 Å². The second-order valence-electron chi connectivity index (χ2n) is 3.80. The maximum Gasteiger partial charge on any atom is 0.158 e. The molecule has 0 radical (unpaired) electrons. The van der Waals surface area contributed by atoms with Crippen molar-refractivity contribution in [1.29, 1.82) is 0 Å². The van der Waals surface area contributed by atoms with Crippen LogP contribution in [-0.4, -0.2) is 10.3 Å². The molecule has 0 amide bonds. The van der Waals surface area contributed by atoms with Crippen molar-refractivity contribution in [3.05, 3.63) is 71.3 Å². The first-order valence-electron chi connectivity index (χ1n) is 5.55. The van der Waals surface area contributed by atoms with Crippen molar-refractivity contribution >= 4 is 33.5 Å². The van der Waals surface area contributed by atoms with Gasteiger partial charge in [0.05, 0.1) is 0 Å². The summed E-state index contributed by atoms with van der Waals surface area (Å²) in [6.07, 6.45) is 0. The summed E-state index contributed by atoms with van der Waals surface area (Å²) in [5, 5.41) is 7.64. The third-order valence-corrected chi connectivity index (χ3v) is 2.98. The zero-order valence-electron chi connectivity index (χ0n) is 10.0. The molecule has 2 nitrogen and oxygen atoms in total. The number of benzene rings is 2. The Morgan fingerprint density at radius 3 is 1.25 bits per heavy atom.